The van der Waals surface area contributed by atoms with Gasteiger partial charge in [0, 0.05) is 12.6 Å². The molecule has 0 saturated carbocycles. The van der Waals surface area contributed by atoms with Gasteiger partial charge in [-0.3, -0.25) is 0 Å². The summed E-state index contributed by atoms with van der Waals surface area (Å²) in [6, 6.07) is 2.61. The average Bonchev–Trinajstić information content (AvgIpc) is 2.34. The third-order valence-corrected chi connectivity index (χ3v) is 3.46. The quantitative estimate of drug-likeness (QED) is 0.816. The van der Waals surface area contributed by atoms with E-state index in [9.17, 15) is 8.78 Å². The van der Waals surface area contributed by atoms with Crippen molar-refractivity contribution in [2.75, 3.05) is 0 Å². The van der Waals surface area contributed by atoms with Crippen molar-refractivity contribution in [2.45, 2.75) is 46.2 Å². The lowest BCUT2D eigenvalue weighted by Crippen LogP contribution is -2.32. The summed E-state index contributed by atoms with van der Waals surface area (Å²) in [6.07, 6.45) is 2.14. The highest BCUT2D eigenvalue weighted by Crippen LogP contribution is 2.21. The molecule has 1 aromatic rings. The fourth-order valence-corrected chi connectivity index (χ4v) is 2.16. The lowest BCUT2D eigenvalue weighted by atomic mass is 9.95. The molecule has 0 aromatic heterocycles. The number of hydrogen-bond donors (Lipinski definition) is 2. The molecule has 0 aliphatic carbocycles. The molecule has 0 amide bonds. The number of aromatic hydroxyl groups is 1. The Kier molecular flexibility index (Phi) is 5.54. The second kappa shape index (κ2) is 6.69. The topological polar surface area (TPSA) is 32.3 Å². The molecule has 102 valence electrons. The summed E-state index contributed by atoms with van der Waals surface area (Å²) in [7, 11) is 0. The molecule has 2 nitrogen and oxygen atoms in total. The van der Waals surface area contributed by atoms with Crippen LogP contribution in [0.15, 0.2) is 12.1 Å². The van der Waals surface area contributed by atoms with Crippen LogP contribution in [0.1, 0.15) is 39.2 Å². The maximum Gasteiger partial charge on any atom is 0.187 e. The van der Waals surface area contributed by atoms with Crippen LogP contribution in [-0.2, 0) is 6.54 Å². The van der Waals surface area contributed by atoms with Gasteiger partial charge in [-0.25, -0.2) is 8.78 Å². The number of hydrogen-bond acceptors (Lipinski definition) is 2. The number of halogens is 2. The number of rotatable bonds is 6. The van der Waals surface area contributed by atoms with Gasteiger partial charge >= 0.3 is 0 Å². The molecule has 1 aromatic carbocycles. The second-order valence-electron chi connectivity index (χ2n) is 4.65. The molecule has 1 atom stereocenters. The predicted molar refractivity (Wildman–Crippen MR) is 68.4 cm³/mol. The fourth-order valence-electron chi connectivity index (χ4n) is 2.16. The molecule has 1 rings (SSSR count). The maximum absolute atomic E-state index is 13.1. The van der Waals surface area contributed by atoms with E-state index in [1.54, 1.807) is 0 Å². The Morgan fingerprint density at radius 3 is 2.11 bits per heavy atom. The van der Waals surface area contributed by atoms with Crippen molar-refractivity contribution < 1.29 is 13.9 Å². The highest BCUT2D eigenvalue weighted by molar-refractivity contribution is 5.29. The van der Waals surface area contributed by atoms with Gasteiger partial charge in [0.1, 0.15) is 0 Å². The van der Waals surface area contributed by atoms with E-state index >= 15 is 0 Å². The van der Waals surface area contributed by atoms with Crippen LogP contribution in [-0.4, -0.2) is 11.1 Å². The molecule has 0 saturated heterocycles. The van der Waals surface area contributed by atoms with Crippen LogP contribution < -0.4 is 5.32 Å². The van der Waals surface area contributed by atoms with Crippen LogP contribution in [0.5, 0.6) is 5.75 Å². The summed E-state index contributed by atoms with van der Waals surface area (Å²) in [5.74, 6) is -2.19. The Bertz CT molecular complexity index is 368. The van der Waals surface area contributed by atoms with Crippen LogP contribution in [0.3, 0.4) is 0 Å². The summed E-state index contributed by atoms with van der Waals surface area (Å²) in [5, 5.41) is 12.3. The minimum absolute atomic E-state index is 0.292. The van der Waals surface area contributed by atoms with Crippen molar-refractivity contribution in [3.63, 3.8) is 0 Å². The highest BCUT2D eigenvalue weighted by Gasteiger charge is 2.14. The summed E-state index contributed by atoms with van der Waals surface area (Å²) < 4.78 is 26.3. The molecular formula is C14H21F2NO. The van der Waals surface area contributed by atoms with Crippen LogP contribution in [0.4, 0.5) is 8.78 Å². The van der Waals surface area contributed by atoms with E-state index in [0.29, 0.717) is 24.1 Å². The molecule has 2 N–H and O–H groups in total. The average molecular weight is 257 g/mol. The van der Waals surface area contributed by atoms with E-state index in [0.717, 1.165) is 25.0 Å². The van der Waals surface area contributed by atoms with Crippen molar-refractivity contribution in [1.82, 2.24) is 5.32 Å². The number of phenolic OH excluding ortho intramolecular Hbond substituents is 1. The van der Waals surface area contributed by atoms with Crippen molar-refractivity contribution in [3.05, 3.63) is 29.3 Å². The van der Waals surface area contributed by atoms with E-state index in [1.807, 2.05) is 0 Å². The minimum Gasteiger partial charge on any atom is -0.503 e. The van der Waals surface area contributed by atoms with Crippen molar-refractivity contribution in [2.24, 2.45) is 5.92 Å². The van der Waals surface area contributed by atoms with Gasteiger partial charge in [-0.2, -0.15) is 0 Å². The van der Waals surface area contributed by atoms with Gasteiger partial charge in [0.2, 0.25) is 0 Å². The van der Waals surface area contributed by atoms with Crippen LogP contribution in [0.2, 0.25) is 0 Å². The molecule has 0 aliphatic heterocycles. The van der Waals surface area contributed by atoms with Gasteiger partial charge in [0.05, 0.1) is 0 Å². The normalized spacial score (nSPS) is 13.0. The van der Waals surface area contributed by atoms with Crippen molar-refractivity contribution in [3.8, 4) is 5.75 Å². The minimum atomic E-state index is -0.915. The smallest absolute Gasteiger partial charge is 0.187 e. The van der Waals surface area contributed by atoms with Crippen LogP contribution in [0.25, 0.3) is 0 Å². The molecule has 0 heterocycles. The van der Waals surface area contributed by atoms with Gasteiger partial charge in [-0.15, -0.1) is 0 Å². The second-order valence-corrected chi connectivity index (χ2v) is 4.65. The Balaban J connectivity index is 2.64. The highest BCUT2D eigenvalue weighted by atomic mass is 19.1. The molecule has 4 heteroatoms. The zero-order valence-electron chi connectivity index (χ0n) is 11.1. The van der Waals surface area contributed by atoms with Crippen LogP contribution in [0, 0.1) is 17.6 Å². The van der Waals surface area contributed by atoms with Crippen molar-refractivity contribution >= 4 is 0 Å². The molecule has 0 aliphatic rings. The molecule has 0 fully saturated rings. The number of phenols is 1. The first-order valence-electron chi connectivity index (χ1n) is 6.39. The van der Waals surface area contributed by atoms with Gasteiger partial charge in [0.25, 0.3) is 0 Å². The summed E-state index contributed by atoms with van der Waals surface area (Å²) in [6.45, 7) is 6.73. The largest absolute Gasteiger partial charge is 0.503 e. The fraction of sp³-hybridized carbons (Fsp3) is 0.571. The predicted octanol–water partition coefficient (Wildman–Crippen LogP) is 3.58. The van der Waals surface area contributed by atoms with Gasteiger partial charge < -0.3 is 10.4 Å². The maximum atomic E-state index is 13.1. The van der Waals surface area contributed by atoms with E-state index in [2.05, 4.69) is 26.1 Å². The summed E-state index contributed by atoms with van der Waals surface area (Å²) in [4.78, 5) is 0. The molecule has 0 bridgehead atoms. The summed E-state index contributed by atoms with van der Waals surface area (Å²) in [5.41, 5.74) is 0.501. The standard InChI is InChI=1S/C14H21F2NO/c1-4-11(5-2)9(3)17-8-10-6-12(15)14(18)13(16)7-10/h6-7,9,11,17-18H,4-5,8H2,1-3H3. The number of nitrogens with one attached hydrogen (secondary N) is 1. The monoisotopic (exact) mass is 257 g/mol. The molecule has 0 radical (unpaired) electrons. The van der Waals surface area contributed by atoms with Gasteiger partial charge in [0.15, 0.2) is 17.4 Å². The lowest BCUT2D eigenvalue weighted by molar-refractivity contribution is 0.351. The van der Waals surface area contributed by atoms with Gasteiger partial charge in [-0.1, -0.05) is 26.7 Å². The van der Waals surface area contributed by atoms with E-state index in [4.69, 9.17) is 5.11 Å². The zero-order valence-corrected chi connectivity index (χ0v) is 11.1. The first kappa shape index (κ1) is 14.9. The lowest BCUT2D eigenvalue weighted by Gasteiger charge is -2.22. The third kappa shape index (κ3) is 3.67. The molecule has 18 heavy (non-hydrogen) atoms. The number of benzene rings is 1. The Labute approximate surface area is 107 Å². The molecule has 0 spiro atoms. The first-order chi connectivity index (χ1) is 8.49. The Hall–Kier alpha value is -1.16. The molecular weight excluding hydrogens is 236 g/mol. The van der Waals surface area contributed by atoms with E-state index in [1.165, 1.54) is 0 Å². The molecule has 1 unspecified atom stereocenters. The van der Waals surface area contributed by atoms with E-state index < -0.39 is 17.4 Å². The van der Waals surface area contributed by atoms with E-state index in [-0.39, 0.29) is 0 Å². The Morgan fingerprint density at radius 1 is 1.17 bits per heavy atom. The summed E-state index contributed by atoms with van der Waals surface area (Å²) >= 11 is 0. The third-order valence-electron chi connectivity index (χ3n) is 3.46. The Morgan fingerprint density at radius 2 is 1.67 bits per heavy atom. The van der Waals surface area contributed by atoms with Crippen LogP contribution >= 0.6 is 0 Å². The first-order valence-corrected chi connectivity index (χ1v) is 6.39. The zero-order chi connectivity index (χ0) is 13.7. The van der Waals surface area contributed by atoms with Gasteiger partial charge in [-0.05, 0) is 30.5 Å². The SMILES string of the molecule is CCC(CC)C(C)NCc1cc(F)c(O)c(F)c1. The van der Waals surface area contributed by atoms with Crippen molar-refractivity contribution in [1.29, 1.82) is 0 Å².